The van der Waals surface area contributed by atoms with Crippen molar-refractivity contribution >= 4 is 23.2 Å². The molecule has 2 rings (SSSR count). The minimum absolute atomic E-state index is 0.0488. The van der Waals surface area contributed by atoms with E-state index in [0.717, 1.165) is 0 Å². The number of amides is 1. The first kappa shape index (κ1) is 20.7. The van der Waals surface area contributed by atoms with Gasteiger partial charge in [-0.25, -0.2) is 4.39 Å². The summed E-state index contributed by atoms with van der Waals surface area (Å²) < 4.78 is 24.3. The van der Waals surface area contributed by atoms with E-state index in [1.165, 1.54) is 20.3 Å². The Kier molecular flexibility index (Phi) is 7.64. The SMILES string of the molecule is C=CCN(CC(=O)Nc1cc(Cl)c(OC)cc1OC)Cc1ccccc1F. The van der Waals surface area contributed by atoms with Gasteiger partial charge >= 0.3 is 0 Å². The Morgan fingerprint density at radius 1 is 1.26 bits per heavy atom. The molecule has 0 aliphatic carbocycles. The minimum atomic E-state index is -0.310. The molecule has 5 nitrogen and oxygen atoms in total. The van der Waals surface area contributed by atoms with Crippen molar-refractivity contribution in [1.29, 1.82) is 0 Å². The van der Waals surface area contributed by atoms with Gasteiger partial charge in [0.2, 0.25) is 5.91 Å². The van der Waals surface area contributed by atoms with E-state index in [9.17, 15) is 9.18 Å². The van der Waals surface area contributed by atoms with Crippen LogP contribution in [0.25, 0.3) is 0 Å². The lowest BCUT2D eigenvalue weighted by atomic mass is 10.2. The first-order chi connectivity index (χ1) is 13.0. The zero-order valence-electron chi connectivity index (χ0n) is 15.3. The third-order valence-electron chi connectivity index (χ3n) is 3.85. The van der Waals surface area contributed by atoms with Gasteiger partial charge in [-0.3, -0.25) is 9.69 Å². The Balaban J connectivity index is 2.11. The van der Waals surface area contributed by atoms with Crippen molar-refractivity contribution in [3.63, 3.8) is 0 Å². The fourth-order valence-corrected chi connectivity index (χ4v) is 2.83. The van der Waals surface area contributed by atoms with Gasteiger partial charge in [0, 0.05) is 24.7 Å². The zero-order valence-corrected chi connectivity index (χ0v) is 16.1. The Morgan fingerprint density at radius 3 is 2.59 bits per heavy atom. The molecule has 1 amide bonds. The highest BCUT2D eigenvalue weighted by molar-refractivity contribution is 6.32. The predicted molar refractivity (Wildman–Crippen MR) is 105 cm³/mol. The monoisotopic (exact) mass is 392 g/mol. The quantitative estimate of drug-likeness (QED) is 0.652. The van der Waals surface area contributed by atoms with E-state index < -0.39 is 0 Å². The lowest BCUT2D eigenvalue weighted by Gasteiger charge is -2.21. The van der Waals surface area contributed by atoms with Crippen LogP contribution < -0.4 is 14.8 Å². The van der Waals surface area contributed by atoms with E-state index in [-0.39, 0.29) is 24.8 Å². The number of methoxy groups -OCH3 is 2. The second-order valence-electron chi connectivity index (χ2n) is 5.78. The van der Waals surface area contributed by atoms with Crippen LogP contribution in [0.4, 0.5) is 10.1 Å². The summed E-state index contributed by atoms with van der Waals surface area (Å²) in [5.74, 6) is 0.275. The summed E-state index contributed by atoms with van der Waals surface area (Å²) in [6.45, 7) is 4.46. The predicted octanol–water partition coefficient (Wildman–Crippen LogP) is 4.12. The van der Waals surface area contributed by atoms with E-state index >= 15 is 0 Å². The minimum Gasteiger partial charge on any atom is -0.495 e. The van der Waals surface area contributed by atoms with Crippen molar-refractivity contribution in [2.24, 2.45) is 0 Å². The van der Waals surface area contributed by atoms with Gasteiger partial charge in [-0.15, -0.1) is 6.58 Å². The van der Waals surface area contributed by atoms with Gasteiger partial charge in [0.25, 0.3) is 0 Å². The summed E-state index contributed by atoms with van der Waals surface area (Å²) in [5, 5.41) is 3.12. The molecule has 0 saturated heterocycles. The molecule has 27 heavy (non-hydrogen) atoms. The topological polar surface area (TPSA) is 50.8 Å². The molecule has 2 aromatic rings. The maximum absolute atomic E-state index is 13.9. The van der Waals surface area contributed by atoms with Crippen molar-refractivity contribution in [1.82, 2.24) is 4.90 Å². The zero-order chi connectivity index (χ0) is 19.8. The number of nitrogens with zero attached hydrogens (tertiary/aromatic N) is 1. The standard InChI is InChI=1S/C20H22ClFN2O3/c1-4-9-24(12-14-7-5-6-8-16(14)22)13-20(25)23-17-10-15(21)18(26-2)11-19(17)27-3/h4-8,10-11H,1,9,12-13H2,2-3H3,(H,23,25). The number of anilines is 1. The van der Waals surface area contributed by atoms with Crippen LogP contribution in [0, 0.1) is 5.82 Å². The third-order valence-corrected chi connectivity index (χ3v) is 4.15. The molecule has 0 aromatic heterocycles. The summed E-state index contributed by atoms with van der Waals surface area (Å²) in [6, 6.07) is 9.63. The molecule has 0 unspecified atom stereocenters. The number of carbonyl (C=O) groups excluding carboxylic acids is 1. The number of halogens is 2. The van der Waals surface area contributed by atoms with Crippen LogP contribution in [-0.2, 0) is 11.3 Å². The highest BCUT2D eigenvalue weighted by Gasteiger charge is 2.16. The van der Waals surface area contributed by atoms with Crippen molar-refractivity contribution in [3.8, 4) is 11.5 Å². The summed E-state index contributed by atoms with van der Waals surface area (Å²) in [6.07, 6.45) is 1.67. The van der Waals surface area contributed by atoms with Crippen molar-refractivity contribution in [3.05, 3.63) is 65.5 Å². The molecule has 0 spiro atoms. The summed E-state index contributed by atoms with van der Waals surface area (Å²) in [7, 11) is 2.98. The fraction of sp³-hybridized carbons (Fsp3) is 0.250. The number of hydrogen-bond acceptors (Lipinski definition) is 4. The molecule has 0 radical (unpaired) electrons. The van der Waals surface area contributed by atoms with Gasteiger partial charge in [0.15, 0.2) is 0 Å². The fourth-order valence-electron chi connectivity index (χ4n) is 2.59. The van der Waals surface area contributed by atoms with Crippen LogP contribution >= 0.6 is 11.6 Å². The molecule has 0 fully saturated rings. The molecule has 7 heteroatoms. The van der Waals surface area contributed by atoms with E-state index in [2.05, 4.69) is 11.9 Å². The summed E-state index contributed by atoms with van der Waals surface area (Å²) in [4.78, 5) is 14.3. The first-order valence-electron chi connectivity index (χ1n) is 8.26. The van der Waals surface area contributed by atoms with Gasteiger partial charge in [0.05, 0.1) is 31.5 Å². The average molecular weight is 393 g/mol. The molecule has 1 N–H and O–H groups in total. The molecule has 0 bridgehead atoms. The Bertz CT molecular complexity index is 814. The second kappa shape index (κ2) is 9.94. The molecule has 0 aliphatic rings. The molecule has 0 heterocycles. The lowest BCUT2D eigenvalue weighted by molar-refractivity contribution is -0.117. The smallest absolute Gasteiger partial charge is 0.238 e. The molecular formula is C20H22ClFN2O3. The van der Waals surface area contributed by atoms with Crippen LogP contribution in [0.15, 0.2) is 49.1 Å². The van der Waals surface area contributed by atoms with E-state index in [1.54, 1.807) is 41.3 Å². The third kappa shape index (κ3) is 5.70. The van der Waals surface area contributed by atoms with Gasteiger partial charge in [-0.2, -0.15) is 0 Å². The van der Waals surface area contributed by atoms with Gasteiger partial charge in [0.1, 0.15) is 17.3 Å². The van der Waals surface area contributed by atoms with Crippen LogP contribution in [0.3, 0.4) is 0 Å². The van der Waals surface area contributed by atoms with Crippen molar-refractivity contribution < 1.29 is 18.7 Å². The highest BCUT2D eigenvalue weighted by Crippen LogP contribution is 2.35. The molecule has 0 atom stereocenters. The molecule has 2 aromatic carbocycles. The molecule has 0 aliphatic heterocycles. The largest absolute Gasteiger partial charge is 0.495 e. The number of hydrogen-bond donors (Lipinski definition) is 1. The molecule has 0 saturated carbocycles. The Labute approximate surface area is 163 Å². The second-order valence-corrected chi connectivity index (χ2v) is 6.19. The number of ether oxygens (including phenoxy) is 2. The maximum Gasteiger partial charge on any atom is 0.238 e. The molecule has 144 valence electrons. The van der Waals surface area contributed by atoms with Crippen LogP contribution in [0.5, 0.6) is 11.5 Å². The number of carbonyl (C=O) groups is 1. The van der Waals surface area contributed by atoms with Crippen LogP contribution in [0.2, 0.25) is 5.02 Å². The lowest BCUT2D eigenvalue weighted by Crippen LogP contribution is -2.33. The van der Waals surface area contributed by atoms with Gasteiger partial charge in [-0.1, -0.05) is 35.9 Å². The van der Waals surface area contributed by atoms with E-state index in [4.69, 9.17) is 21.1 Å². The highest BCUT2D eigenvalue weighted by atomic mass is 35.5. The van der Waals surface area contributed by atoms with Gasteiger partial charge in [-0.05, 0) is 12.1 Å². The number of nitrogens with one attached hydrogen (secondary N) is 1. The maximum atomic E-state index is 13.9. The van der Waals surface area contributed by atoms with Crippen LogP contribution in [-0.4, -0.2) is 38.1 Å². The van der Waals surface area contributed by atoms with Crippen molar-refractivity contribution in [2.45, 2.75) is 6.54 Å². The van der Waals surface area contributed by atoms with Crippen molar-refractivity contribution in [2.75, 3.05) is 32.6 Å². The number of benzene rings is 2. The summed E-state index contributed by atoms with van der Waals surface area (Å²) in [5.41, 5.74) is 0.940. The first-order valence-corrected chi connectivity index (χ1v) is 8.64. The normalized spacial score (nSPS) is 10.6. The van der Waals surface area contributed by atoms with E-state index in [1.807, 2.05) is 0 Å². The number of rotatable bonds is 9. The van der Waals surface area contributed by atoms with E-state index in [0.29, 0.717) is 34.3 Å². The summed E-state index contributed by atoms with van der Waals surface area (Å²) >= 11 is 6.12. The van der Waals surface area contributed by atoms with Crippen LogP contribution in [0.1, 0.15) is 5.56 Å². The Hall–Kier alpha value is -2.57. The van der Waals surface area contributed by atoms with Gasteiger partial charge < -0.3 is 14.8 Å². The average Bonchev–Trinajstić information content (AvgIpc) is 2.64. The molecular weight excluding hydrogens is 371 g/mol. The Morgan fingerprint density at radius 2 is 1.96 bits per heavy atom.